The van der Waals surface area contributed by atoms with Crippen molar-refractivity contribution in [2.45, 2.75) is 39.5 Å². The molecule has 0 spiro atoms. The summed E-state index contributed by atoms with van der Waals surface area (Å²) in [4.78, 5) is 13.9. The first-order chi connectivity index (χ1) is 7.50. The molecule has 0 aromatic heterocycles. The topological polar surface area (TPSA) is 40.5 Å². The highest BCUT2D eigenvalue weighted by Crippen LogP contribution is 2.27. The number of nitrogens with zero attached hydrogens (tertiary/aromatic N) is 1. The van der Waals surface area contributed by atoms with Crippen molar-refractivity contribution in [3.63, 3.8) is 0 Å². The van der Waals surface area contributed by atoms with E-state index in [9.17, 15) is 9.90 Å². The zero-order chi connectivity index (χ0) is 11.9. The second kappa shape index (κ2) is 3.91. The van der Waals surface area contributed by atoms with Crippen LogP contribution in [-0.4, -0.2) is 22.0 Å². The Kier molecular flexibility index (Phi) is 2.72. The predicted octanol–water partition coefficient (Wildman–Crippen LogP) is 2.10. The van der Waals surface area contributed by atoms with Crippen LogP contribution in [0.3, 0.4) is 0 Å². The molecule has 2 rings (SSSR count). The van der Waals surface area contributed by atoms with Gasteiger partial charge in [0.1, 0.15) is 0 Å². The van der Waals surface area contributed by atoms with Crippen molar-refractivity contribution in [2.24, 2.45) is 0 Å². The molecule has 0 bridgehead atoms. The Bertz CT molecular complexity index is 424. The van der Waals surface area contributed by atoms with Gasteiger partial charge in [0.05, 0.1) is 6.10 Å². The summed E-state index contributed by atoms with van der Waals surface area (Å²) >= 11 is 0. The standard InChI is InChI=1S/C13H17NO2/c1-8(2)14-7-11-5-4-10(9(3)15)6-12(11)13(14)16/h4-6,8-9,15H,7H2,1-3H3. The average molecular weight is 219 g/mol. The van der Waals surface area contributed by atoms with E-state index < -0.39 is 6.10 Å². The number of aliphatic hydroxyl groups is 1. The smallest absolute Gasteiger partial charge is 0.254 e. The molecular weight excluding hydrogens is 202 g/mol. The third-order valence-corrected chi connectivity index (χ3v) is 3.07. The number of hydrogen-bond acceptors (Lipinski definition) is 2. The Morgan fingerprint density at radius 2 is 2.00 bits per heavy atom. The molecule has 86 valence electrons. The molecule has 0 saturated heterocycles. The van der Waals surface area contributed by atoms with Gasteiger partial charge in [-0.2, -0.15) is 0 Å². The first-order valence-corrected chi connectivity index (χ1v) is 5.62. The van der Waals surface area contributed by atoms with E-state index >= 15 is 0 Å². The van der Waals surface area contributed by atoms with Crippen molar-refractivity contribution >= 4 is 5.91 Å². The average Bonchev–Trinajstić information content (AvgIpc) is 2.56. The Morgan fingerprint density at radius 1 is 1.31 bits per heavy atom. The summed E-state index contributed by atoms with van der Waals surface area (Å²) in [6.07, 6.45) is -0.522. The molecule has 16 heavy (non-hydrogen) atoms. The number of aliphatic hydroxyl groups excluding tert-OH is 1. The minimum atomic E-state index is -0.522. The van der Waals surface area contributed by atoms with E-state index in [1.165, 1.54) is 0 Å². The maximum Gasteiger partial charge on any atom is 0.254 e. The van der Waals surface area contributed by atoms with Gasteiger partial charge < -0.3 is 10.0 Å². The number of benzene rings is 1. The van der Waals surface area contributed by atoms with E-state index in [0.29, 0.717) is 6.54 Å². The predicted molar refractivity (Wildman–Crippen MR) is 62.1 cm³/mol. The van der Waals surface area contributed by atoms with Gasteiger partial charge in [-0.1, -0.05) is 12.1 Å². The van der Waals surface area contributed by atoms with Crippen molar-refractivity contribution in [1.82, 2.24) is 4.90 Å². The lowest BCUT2D eigenvalue weighted by atomic mass is 10.0. The van der Waals surface area contributed by atoms with E-state index in [1.807, 2.05) is 36.9 Å². The zero-order valence-corrected chi connectivity index (χ0v) is 9.90. The second-order valence-corrected chi connectivity index (χ2v) is 4.62. The maximum atomic E-state index is 12.1. The van der Waals surface area contributed by atoms with E-state index in [4.69, 9.17) is 0 Å². The summed E-state index contributed by atoms with van der Waals surface area (Å²) in [5.41, 5.74) is 2.60. The van der Waals surface area contributed by atoms with E-state index in [-0.39, 0.29) is 11.9 Å². The van der Waals surface area contributed by atoms with Gasteiger partial charge in [-0.05, 0) is 38.0 Å². The fourth-order valence-corrected chi connectivity index (χ4v) is 2.02. The minimum absolute atomic E-state index is 0.0764. The quantitative estimate of drug-likeness (QED) is 0.827. The summed E-state index contributed by atoms with van der Waals surface area (Å²) in [7, 11) is 0. The number of hydrogen-bond donors (Lipinski definition) is 1. The lowest BCUT2D eigenvalue weighted by Gasteiger charge is -2.19. The number of carbonyl (C=O) groups is 1. The lowest BCUT2D eigenvalue weighted by molar-refractivity contribution is 0.0730. The lowest BCUT2D eigenvalue weighted by Crippen LogP contribution is -2.30. The molecule has 0 fully saturated rings. The number of fused-ring (bicyclic) bond motifs is 1. The SMILES string of the molecule is CC(O)c1ccc2c(c1)C(=O)N(C(C)C)C2. The maximum absolute atomic E-state index is 12.1. The van der Waals surface area contributed by atoms with Crippen LogP contribution in [0.15, 0.2) is 18.2 Å². The minimum Gasteiger partial charge on any atom is -0.389 e. The molecule has 3 nitrogen and oxygen atoms in total. The molecule has 1 aromatic rings. The number of rotatable bonds is 2. The highest BCUT2D eigenvalue weighted by atomic mass is 16.3. The molecule has 1 unspecified atom stereocenters. The molecule has 0 saturated carbocycles. The summed E-state index contributed by atoms with van der Waals surface area (Å²) in [5, 5.41) is 9.49. The van der Waals surface area contributed by atoms with Crippen LogP contribution in [0, 0.1) is 0 Å². The first-order valence-electron chi connectivity index (χ1n) is 5.62. The molecule has 1 aliphatic rings. The molecule has 1 amide bonds. The van der Waals surface area contributed by atoms with Crippen LogP contribution in [-0.2, 0) is 6.54 Å². The van der Waals surface area contributed by atoms with Gasteiger partial charge in [-0.15, -0.1) is 0 Å². The molecule has 1 N–H and O–H groups in total. The highest BCUT2D eigenvalue weighted by Gasteiger charge is 2.29. The van der Waals surface area contributed by atoms with Gasteiger partial charge in [0.2, 0.25) is 0 Å². The highest BCUT2D eigenvalue weighted by molar-refractivity contribution is 5.98. The van der Waals surface area contributed by atoms with Gasteiger partial charge >= 0.3 is 0 Å². The van der Waals surface area contributed by atoms with Gasteiger partial charge in [0.25, 0.3) is 5.91 Å². The third-order valence-electron chi connectivity index (χ3n) is 3.07. The molecule has 0 radical (unpaired) electrons. The largest absolute Gasteiger partial charge is 0.389 e. The molecular formula is C13H17NO2. The van der Waals surface area contributed by atoms with Crippen molar-refractivity contribution in [3.05, 3.63) is 34.9 Å². The van der Waals surface area contributed by atoms with Crippen molar-refractivity contribution in [3.8, 4) is 0 Å². The summed E-state index contributed by atoms with van der Waals surface area (Å²) in [6, 6.07) is 5.86. The van der Waals surface area contributed by atoms with Gasteiger partial charge in [-0.3, -0.25) is 4.79 Å². The third kappa shape index (κ3) is 1.71. The summed E-state index contributed by atoms with van der Waals surface area (Å²) in [6.45, 7) is 6.42. The molecule has 1 aromatic carbocycles. The number of amides is 1. The fraction of sp³-hybridized carbons (Fsp3) is 0.462. The van der Waals surface area contributed by atoms with Gasteiger partial charge in [-0.25, -0.2) is 0 Å². The molecule has 3 heteroatoms. The zero-order valence-electron chi connectivity index (χ0n) is 9.90. The molecule has 1 heterocycles. The molecule has 1 atom stereocenters. The fourth-order valence-electron chi connectivity index (χ4n) is 2.02. The Balaban J connectivity index is 2.38. The van der Waals surface area contributed by atoms with Crippen LogP contribution in [0.2, 0.25) is 0 Å². The molecule has 1 aliphatic heterocycles. The van der Waals surface area contributed by atoms with Crippen LogP contribution in [0.25, 0.3) is 0 Å². The second-order valence-electron chi connectivity index (χ2n) is 4.62. The van der Waals surface area contributed by atoms with Crippen molar-refractivity contribution in [2.75, 3.05) is 0 Å². The van der Waals surface area contributed by atoms with Crippen LogP contribution in [0.4, 0.5) is 0 Å². The first kappa shape index (κ1) is 11.1. The Labute approximate surface area is 95.7 Å². The van der Waals surface area contributed by atoms with Crippen LogP contribution >= 0.6 is 0 Å². The monoisotopic (exact) mass is 219 g/mol. The number of carbonyl (C=O) groups excluding carboxylic acids is 1. The van der Waals surface area contributed by atoms with Crippen molar-refractivity contribution in [1.29, 1.82) is 0 Å². The van der Waals surface area contributed by atoms with Gasteiger partial charge in [0, 0.05) is 18.2 Å². The normalized spacial score (nSPS) is 16.8. The molecule has 0 aliphatic carbocycles. The van der Waals surface area contributed by atoms with Gasteiger partial charge in [0.15, 0.2) is 0 Å². The summed E-state index contributed by atoms with van der Waals surface area (Å²) in [5.74, 6) is 0.0764. The Hall–Kier alpha value is -1.35. The summed E-state index contributed by atoms with van der Waals surface area (Å²) < 4.78 is 0. The Morgan fingerprint density at radius 3 is 2.56 bits per heavy atom. The van der Waals surface area contributed by atoms with Crippen LogP contribution < -0.4 is 0 Å². The van der Waals surface area contributed by atoms with Crippen LogP contribution in [0.1, 0.15) is 48.4 Å². The van der Waals surface area contributed by atoms with Crippen molar-refractivity contribution < 1.29 is 9.90 Å². The van der Waals surface area contributed by atoms with E-state index in [2.05, 4.69) is 0 Å². The van der Waals surface area contributed by atoms with Crippen LogP contribution in [0.5, 0.6) is 0 Å². The van der Waals surface area contributed by atoms with E-state index in [1.54, 1.807) is 6.92 Å². The van der Waals surface area contributed by atoms with E-state index in [0.717, 1.165) is 16.7 Å².